The number of thioether (sulfide) groups is 1. The fourth-order valence-electron chi connectivity index (χ4n) is 1.52. The van der Waals surface area contributed by atoms with E-state index in [1.165, 1.54) is 23.1 Å². The Morgan fingerprint density at radius 3 is 2.55 bits per heavy atom. The summed E-state index contributed by atoms with van der Waals surface area (Å²) < 4.78 is 32.5. The minimum absolute atomic E-state index is 0.0470. The van der Waals surface area contributed by atoms with E-state index in [0.717, 1.165) is 4.34 Å². The fourth-order valence-corrected chi connectivity index (χ4v) is 5.06. The molecule has 110 valence electrons. The molecule has 0 spiro atoms. The first-order chi connectivity index (χ1) is 9.29. The number of sulfonamides is 1. The number of hydrogen-bond donors (Lipinski definition) is 1. The van der Waals surface area contributed by atoms with E-state index in [0.29, 0.717) is 10.9 Å². The zero-order valence-corrected chi connectivity index (χ0v) is 13.8. The Hall–Kier alpha value is -1.13. The van der Waals surface area contributed by atoms with Crippen molar-refractivity contribution in [2.45, 2.75) is 42.2 Å². The lowest BCUT2D eigenvalue weighted by Gasteiger charge is -2.03. The first-order valence-electron chi connectivity index (χ1n) is 5.75. The summed E-state index contributed by atoms with van der Waals surface area (Å²) in [5.41, 5.74) is 0.316. The average Bonchev–Trinajstić information content (AvgIpc) is 2.85. The molecule has 2 rings (SSSR count). The third-order valence-electron chi connectivity index (χ3n) is 2.20. The monoisotopic (exact) mass is 334 g/mol. The van der Waals surface area contributed by atoms with Crippen LogP contribution in [0.25, 0.3) is 0 Å². The van der Waals surface area contributed by atoms with Gasteiger partial charge in [-0.2, -0.15) is 0 Å². The molecule has 2 aromatic heterocycles. The Balaban J connectivity index is 2.23. The van der Waals surface area contributed by atoms with Crippen LogP contribution in [0.4, 0.5) is 5.13 Å². The Bertz CT molecular complexity index is 686. The number of hydrogen-bond acceptors (Lipinski definition) is 8. The van der Waals surface area contributed by atoms with Gasteiger partial charge in [-0.05, 0) is 13.8 Å². The van der Waals surface area contributed by atoms with Crippen molar-refractivity contribution < 1.29 is 12.9 Å². The molecule has 7 nitrogen and oxygen atoms in total. The SMILES string of the molecule is Cc1noc(C)c1S(=O)(=O)Nc1nnc(SC(C)C)s1. The predicted octanol–water partition coefficient (Wildman–Crippen LogP) is 2.44. The lowest BCUT2D eigenvalue weighted by atomic mass is 10.4. The molecule has 10 heteroatoms. The number of nitrogens with zero attached hydrogens (tertiary/aromatic N) is 3. The van der Waals surface area contributed by atoms with E-state index in [-0.39, 0.29) is 15.8 Å². The molecule has 0 aromatic carbocycles. The molecule has 1 N–H and O–H groups in total. The van der Waals surface area contributed by atoms with E-state index < -0.39 is 10.0 Å². The summed E-state index contributed by atoms with van der Waals surface area (Å²) in [4.78, 5) is 0.0470. The molecule has 0 aliphatic carbocycles. The van der Waals surface area contributed by atoms with Crippen LogP contribution < -0.4 is 4.72 Å². The summed E-state index contributed by atoms with van der Waals surface area (Å²) in [6.45, 7) is 7.18. The van der Waals surface area contributed by atoms with E-state index in [4.69, 9.17) is 4.52 Å². The number of rotatable bonds is 5. The van der Waals surface area contributed by atoms with Crippen molar-refractivity contribution in [3.8, 4) is 0 Å². The summed E-state index contributed by atoms with van der Waals surface area (Å²) in [5, 5.41) is 12.0. The number of aryl methyl sites for hydroxylation is 2. The normalized spacial score (nSPS) is 12.1. The molecule has 0 atom stereocenters. The Kier molecular flexibility index (Phi) is 4.35. The smallest absolute Gasteiger partial charge is 0.269 e. The van der Waals surface area contributed by atoms with E-state index >= 15 is 0 Å². The zero-order chi connectivity index (χ0) is 14.9. The highest BCUT2D eigenvalue weighted by molar-refractivity contribution is 8.01. The Labute approximate surface area is 125 Å². The van der Waals surface area contributed by atoms with Gasteiger partial charge in [0.25, 0.3) is 10.0 Å². The second-order valence-corrected chi connectivity index (χ2v) is 8.72. The minimum Gasteiger partial charge on any atom is -0.360 e. The minimum atomic E-state index is -3.75. The lowest BCUT2D eigenvalue weighted by molar-refractivity contribution is 0.390. The summed E-state index contributed by atoms with van der Waals surface area (Å²) in [5.74, 6) is 0.247. The van der Waals surface area contributed by atoms with Crippen molar-refractivity contribution in [1.29, 1.82) is 0 Å². The largest absolute Gasteiger partial charge is 0.360 e. The van der Waals surface area contributed by atoms with Crippen LogP contribution in [0.1, 0.15) is 25.3 Å². The molecule has 0 unspecified atom stereocenters. The number of anilines is 1. The van der Waals surface area contributed by atoms with Crippen LogP contribution in [0.15, 0.2) is 13.8 Å². The molecule has 0 saturated carbocycles. The van der Waals surface area contributed by atoms with E-state index in [1.54, 1.807) is 13.8 Å². The van der Waals surface area contributed by atoms with Gasteiger partial charge in [0, 0.05) is 5.25 Å². The second kappa shape index (κ2) is 5.70. The molecular formula is C10H14N4O3S3. The van der Waals surface area contributed by atoms with Crippen molar-refractivity contribution in [2.24, 2.45) is 0 Å². The van der Waals surface area contributed by atoms with Crippen molar-refractivity contribution in [3.63, 3.8) is 0 Å². The summed E-state index contributed by atoms with van der Waals surface area (Å²) >= 11 is 2.72. The van der Waals surface area contributed by atoms with E-state index in [1.807, 2.05) is 13.8 Å². The third kappa shape index (κ3) is 3.30. The van der Waals surface area contributed by atoms with Crippen LogP contribution in [-0.4, -0.2) is 29.0 Å². The predicted molar refractivity (Wildman–Crippen MR) is 77.7 cm³/mol. The first-order valence-corrected chi connectivity index (χ1v) is 8.93. The van der Waals surface area contributed by atoms with Gasteiger partial charge in [0.05, 0.1) is 0 Å². The second-order valence-electron chi connectivity index (χ2n) is 4.30. The molecule has 0 amide bonds. The van der Waals surface area contributed by atoms with E-state index in [9.17, 15) is 8.42 Å². The molecule has 2 heterocycles. The summed E-state index contributed by atoms with van der Waals surface area (Å²) in [6, 6.07) is 0. The van der Waals surface area contributed by atoms with Gasteiger partial charge < -0.3 is 4.52 Å². The van der Waals surface area contributed by atoms with Gasteiger partial charge in [-0.15, -0.1) is 10.2 Å². The average molecular weight is 334 g/mol. The molecular weight excluding hydrogens is 320 g/mol. The maximum atomic E-state index is 12.3. The number of nitrogens with one attached hydrogen (secondary N) is 1. The molecule has 0 saturated heterocycles. The maximum absolute atomic E-state index is 12.3. The highest BCUT2D eigenvalue weighted by atomic mass is 32.2. The lowest BCUT2D eigenvalue weighted by Crippen LogP contribution is -2.14. The highest BCUT2D eigenvalue weighted by Gasteiger charge is 2.25. The molecule has 0 bridgehead atoms. The van der Waals surface area contributed by atoms with Crippen LogP contribution >= 0.6 is 23.1 Å². The van der Waals surface area contributed by atoms with Gasteiger partial charge in [0.15, 0.2) is 15.0 Å². The van der Waals surface area contributed by atoms with Gasteiger partial charge >= 0.3 is 0 Å². The standard InChI is InChI=1S/C10H14N4O3S3/c1-5(2)18-10-12-11-9(19-10)14-20(15,16)8-6(3)13-17-7(8)4/h5H,1-4H3,(H,11,14). The highest BCUT2D eigenvalue weighted by Crippen LogP contribution is 2.30. The van der Waals surface area contributed by atoms with Gasteiger partial charge in [-0.1, -0.05) is 42.1 Å². The number of aromatic nitrogens is 3. The fraction of sp³-hybridized carbons (Fsp3) is 0.500. The van der Waals surface area contributed by atoms with Crippen LogP contribution in [-0.2, 0) is 10.0 Å². The van der Waals surface area contributed by atoms with Crippen molar-refractivity contribution >= 4 is 38.3 Å². The zero-order valence-electron chi connectivity index (χ0n) is 11.4. The first kappa shape index (κ1) is 15.3. The molecule has 0 radical (unpaired) electrons. The van der Waals surface area contributed by atoms with Gasteiger partial charge in [0.2, 0.25) is 5.13 Å². The van der Waals surface area contributed by atoms with Crippen molar-refractivity contribution in [3.05, 3.63) is 11.5 Å². The third-order valence-corrected chi connectivity index (χ3v) is 5.84. The van der Waals surface area contributed by atoms with Gasteiger partial charge in [-0.3, -0.25) is 4.72 Å². The van der Waals surface area contributed by atoms with Gasteiger partial charge in [-0.25, -0.2) is 8.42 Å². The topological polar surface area (TPSA) is 98.0 Å². The molecule has 2 aromatic rings. The van der Waals surface area contributed by atoms with Crippen LogP contribution in [0, 0.1) is 13.8 Å². The van der Waals surface area contributed by atoms with E-state index in [2.05, 4.69) is 20.1 Å². The quantitative estimate of drug-likeness (QED) is 0.838. The molecule has 0 aliphatic heterocycles. The summed E-state index contributed by atoms with van der Waals surface area (Å²) in [6.07, 6.45) is 0. The van der Waals surface area contributed by atoms with Crippen molar-refractivity contribution in [1.82, 2.24) is 15.4 Å². The molecule has 0 aliphatic rings. The van der Waals surface area contributed by atoms with Gasteiger partial charge in [0.1, 0.15) is 5.69 Å². The summed E-state index contributed by atoms with van der Waals surface area (Å²) in [7, 11) is -3.75. The maximum Gasteiger partial charge on any atom is 0.269 e. The van der Waals surface area contributed by atoms with Crippen LogP contribution in [0.3, 0.4) is 0 Å². The Morgan fingerprint density at radius 1 is 1.30 bits per heavy atom. The Morgan fingerprint density at radius 2 is 2.00 bits per heavy atom. The van der Waals surface area contributed by atoms with Crippen LogP contribution in [0.5, 0.6) is 0 Å². The van der Waals surface area contributed by atoms with Crippen molar-refractivity contribution in [2.75, 3.05) is 4.72 Å². The molecule has 0 fully saturated rings. The molecule has 20 heavy (non-hydrogen) atoms. The van der Waals surface area contributed by atoms with Crippen LogP contribution in [0.2, 0.25) is 0 Å².